The van der Waals surface area contributed by atoms with Crippen molar-refractivity contribution in [2.24, 2.45) is 0 Å². The van der Waals surface area contributed by atoms with Crippen LogP contribution in [0.3, 0.4) is 0 Å². The molecule has 0 aliphatic heterocycles. The molecule has 1 aromatic heterocycles. The fourth-order valence-corrected chi connectivity index (χ4v) is 1.11. The molecule has 7 heteroatoms. The molecule has 82 valence electrons. The summed E-state index contributed by atoms with van der Waals surface area (Å²) < 4.78 is 5.31. The fraction of sp³-hybridized carbons (Fsp3) is 0.250. The molecule has 6 nitrogen and oxygen atoms in total. The third-order valence-corrected chi connectivity index (χ3v) is 1.96. The zero-order valence-corrected chi connectivity index (χ0v) is 9.02. The second kappa shape index (κ2) is 4.94. The summed E-state index contributed by atoms with van der Waals surface area (Å²) in [5.41, 5.74) is 0. The Morgan fingerprint density at radius 1 is 1.53 bits per heavy atom. The minimum absolute atomic E-state index is 0.0412. The average Bonchev–Trinajstić information content (AvgIpc) is 2.60. The number of carboxylic acids is 1. The summed E-state index contributed by atoms with van der Waals surface area (Å²) in [4.78, 5) is 21.5. The molecule has 1 amide bonds. The van der Waals surface area contributed by atoms with Gasteiger partial charge in [-0.15, -0.1) is 0 Å². The molecule has 1 rings (SSSR count). The lowest BCUT2D eigenvalue weighted by Crippen LogP contribution is -2.36. The summed E-state index contributed by atoms with van der Waals surface area (Å²) in [6.45, 7) is -0.369. The van der Waals surface area contributed by atoms with Gasteiger partial charge in [-0.3, -0.25) is 4.79 Å². The second-order valence-electron chi connectivity index (χ2n) is 2.67. The highest BCUT2D eigenvalue weighted by atomic mass is 79.9. The van der Waals surface area contributed by atoms with Gasteiger partial charge in [-0.25, -0.2) is 4.79 Å². The highest BCUT2D eigenvalue weighted by Gasteiger charge is 2.16. The van der Waals surface area contributed by atoms with Gasteiger partial charge in [0.05, 0.1) is 6.54 Å². The van der Waals surface area contributed by atoms with Crippen molar-refractivity contribution in [2.75, 3.05) is 6.54 Å². The van der Waals surface area contributed by atoms with Crippen LogP contribution in [0.15, 0.2) is 21.2 Å². The number of hydrogen-bond donors (Lipinski definition) is 3. The van der Waals surface area contributed by atoms with Crippen LogP contribution in [0.25, 0.3) is 0 Å². The SMILES string of the molecule is O=C(NCC(O)C(=O)O)c1ccc(Br)o1. The van der Waals surface area contributed by atoms with Crippen molar-refractivity contribution >= 4 is 27.8 Å². The van der Waals surface area contributed by atoms with Crippen LogP contribution in [0.5, 0.6) is 0 Å². The molecule has 0 bridgehead atoms. The molecule has 0 aliphatic rings. The number of aliphatic hydroxyl groups excluding tert-OH is 1. The lowest BCUT2D eigenvalue weighted by molar-refractivity contribution is -0.146. The molecule has 1 heterocycles. The number of aliphatic hydroxyl groups is 1. The van der Waals surface area contributed by atoms with Gasteiger partial charge >= 0.3 is 5.97 Å². The summed E-state index contributed by atoms with van der Waals surface area (Å²) in [6.07, 6.45) is -1.62. The number of carboxylic acid groups (broad SMARTS) is 1. The van der Waals surface area contributed by atoms with Crippen molar-refractivity contribution in [1.82, 2.24) is 5.32 Å². The monoisotopic (exact) mass is 277 g/mol. The molecule has 0 aromatic carbocycles. The van der Waals surface area contributed by atoms with E-state index in [-0.39, 0.29) is 12.3 Å². The zero-order chi connectivity index (χ0) is 11.4. The van der Waals surface area contributed by atoms with Gasteiger partial charge in [0.1, 0.15) is 0 Å². The molecule has 0 saturated carbocycles. The summed E-state index contributed by atoms with van der Waals surface area (Å²) in [6, 6.07) is 2.95. The zero-order valence-electron chi connectivity index (χ0n) is 7.44. The van der Waals surface area contributed by atoms with Gasteiger partial charge in [0, 0.05) is 0 Å². The molecule has 0 fully saturated rings. The van der Waals surface area contributed by atoms with E-state index in [1.54, 1.807) is 0 Å². The maximum atomic E-state index is 11.3. The molecule has 1 aromatic rings. The van der Waals surface area contributed by atoms with Gasteiger partial charge in [-0.05, 0) is 28.1 Å². The van der Waals surface area contributed by atoms with Crippen LogP contribution in [0, 0.1) is 0 Å². The maximum Gasteiger partial charge on any atom is 0.334 e. The number of amides is 1. The Morgan fingerprint density at radius 3 is 2.67 bits per heavy atom. The standard InChI is InChI=1S/C8H8BrNO5/c9-6-2-1-5(15-6)7(12)10-3-4(11)8(13)14/h1-2,4,11H,3H2,(H,10,12)(H,13,14). The number of halogens is 1. The third-order valence-electron chi connectivity index (χ3n) is 1.54. The summed E-state index contributed by atoms with van der Waals surface area (Å²) in [5, 5.41) is 19.4. The predicted octanol–water partition coefficient (Wildman–Crippen LogP) is 0.217. The molecular formula is C8H8BrNO5. The third kappa shape index (κ3) is 3.37. The normalized spacial score (nSPS) is 12.1. The minimum atomic E-state index is -1.62. The van der Waals surface area contributed by atoms with E-state index in [0.717, 1.165) is 0 Å². The number of furan rings is 1. The summed E-state index contributed by atoms with van der Waals surface area (Å²) >= 11 is 3.01. The van der Waals surface area contributed by atoms with Crippen molar-refractivity contribution in [3.63, 3.8) is 0 Å². The average molecular weight is 278 g/mol. The quantitative estimate of drug-likeness (QED) is 0.731. The Hall–Kier alpha value is -1.34. The molecule has 0 aliphatic carbocycles. The Bertz CT molecular complexity index is 375. The highest BCUT2D eigenvalue weighted by molar-refractivity contribution is 9.10. The van der Waals surface area contributed by atoms with E-state index in [1.165, 1.54) is 12.1 Å². The van der Waals surface area contributed by atoms with Crippen LogP contribution in [0.1, 0.15) is 10.6 Å². The molecular weight excluding hydrogens is 270 g/mol. The number of carbonyl (C=O) groups is 2. The lowest BCUT2D eigenvalue weighted by Gasteiger charge is -2.05. The van der Waals surface area contributed by atoms with Crippen LogP contribution in [0.4, 0.5) is 0 Å². The Labute approximate surface area is 93.0 Å². The number of aliphatic carboxylic acids is 1. The van der Waals surface area contributed by atoms with E-state index < -0.39 is 18.0 Å². The van der Waals surface area contributed by atoms with Crippen molar-refractivity contribution in [3.05, 3.63) is 22.6 Å². The fourth-order valence-electron chi connectivity index (χ4n) is 0.800. The van der Waals surface area contributed by atoms with Crippen LogP contribution in [-0.2, 0) is 4.79 Å². The van der Waals surface area contributed by atoms with Crippen molar-refractivity contribution in [1.29, 1.82) is 0 Å². The van der Waals surface area contributed by atoms with Crippen molar-refractivity contribution in [2.45, 2.75) is 6.10 Å². The summed E-state index contributed by atoms with van der Waals surface area (Å²) in [5.74, 6) is -1.93. The molecule has 0 radical (unpaired) electrons. The van der Waals surface area contributed by atoms with Crippen LogP contribution in [-0.4, -0.2) is 34.7 Å². The Morgan fingerprint density at radius 2 is 2.20 bits per heavy atom. The molecule has 15 heavy (non-hydrogen) atoms. The smallest absolute Gasteiger partial charge is 0.334 e. The van der Waals surface area contributed by atoms with Crippen LogP contribution >= 0.6 is 15.9 Å². The van der Waals surface area contributed by atoms with Gasteiger partial charge in [0.15, 0.2) is 16.5 Å². The number of carbonyl (C=O) groups excluding carboxylic acids is 1. The van der Waals surface area contributed by atoms with Gasteiger partial charge in [0.2, 0.25) is 0 Å². The predicted molar refractivity (Wildman–Crippen MR) is 52.4 cm³/mol. The first-order valence-corrected chi connectivity index (χ1v) is 4.74. The molecule has 3 N–H and O–H groups in total. The number of rotatable bonds is 4. The topological polar surface area (TPSA) is 99.8 Å². The lowest BCUT2D eigenvalue weighted by atomic mass is 10.3. The first-order chi connectivity index (χ1) is 7.00. The van der Waals surface area contributed by atoms with E-state index in [1.807, 2.05) is 0 Å². The van der Waals surface area contributed by atoms with E-state index in [9.17, 15) is 9.59 Å². The molecule has 0 saturated heterocycles. The van der Waals surface area contributed by atoms with Gasteiger partial charge < -0.3 is 19.9 Å². The van der Waals surface area contributed by atoms with E-state index in [0.29, 0.717) is 4.67 Å². The Kier molecular flexibility index (Phi) is 3.87. The van der Waals surface area contributed by atoms with Gasteiger partial charge in [-0.1, -0.05) is 0 Å². The van der Waals surface area contributed by atoms with Crippen molar-refractivity contribution in [3.8, 4) is 0 Å². The maximum absolute atomic E-state index is 11.3. The van der Waals surface area contributed by atoms with Gasteiger partial charge in [0.25, 0.3) is 5.91 Å². The highest BCUT2D eigenvalue weighted by Crippen LogP contribution is 2.13. The van der Waals surface area contributed by atoms with E-state index in [4.69, 9.17) is 14.6 Å². The van der Waals surface area contributed by atoms with E-state index >= 15 is 0 Å². The molecule has 1 atom stereocenters. The minimum Gasteiger partial charge on any atom is -0.479 e. The van der Waals surface area contributed by atoms with Crippen LogP contribution < -0.4 is 5.32 Å². The summed E-state index contributed by atoms with van der Waals surface area (Å²) in [7, 11) is 0. The largest absolute Gasteiger partial charge is 0.479 e. The van der Waals surface area contributed by atoms with E-state index in [2.05, 4.69) is 21.2 Å². The second-order valence-corrected chi connectivity index (χ2v) is 3.45. The first-order valence-electron chi connectivity index (χ1n) is 3.95. The molecule has 0 spiro atoms. The Balaban J connectivity index is 2.47. The first kappa shape index (κ1) is 11.7. The number of nitrogens with one attached hydrogen (secondary N) is 1. The van der Waals surface area contributed by atoms with Crippen molar-refractivity contribution < 1.29 is 24.2 Å². The van der Waals surface area contributed by atoms with Gasteiger partial charge in [-0.2, -0.15) is 0 Å². The molecule has 1 unspecified atom stereocenters. The van der Waals surface area contributed by atoms with Crippen LogP contribution in [0.2, 0.25) is 0 Å². The number of hydrogen-bond acceptors (Lipinski definition) is 4.